The summed E-state index contributed by atoms with van der Waals surface area (Å²) in [4.78, 5) is 13.9. The van der Waals surface area contributed by atoms with E-state index in [0.717, 1.165) is 13.1 Å². The second-order valence-electron chi connectivity index (χ2n) is 3.90. The van der Waals surface area contributed by atoms with E-state index in [1.54, 1.807) is 0 Å². The summed E-state index contributed by atoms with van der Waals surface area (Å²) < 4.78 is 2.06. The van der Waals surface area contributed by atoms with Gasteiger partial charge in [-0.2, -0.15) is 0 Å². The molecule has 0 spiro atoms. The maximum Gasteiger partial charge on any atom is 0.246 e. The number of fused-ring (bicyclic) bond motifs is 3. The van der Waals surface area contributed by atoms with Crippen LogP contribution in [0.4, 0.5) is 0 Å². The molecule has 14 heavy (non-hydrogen) atoms. The molecule has 0 aliphatic carbocycles. The molecule has 0 saturated carbocycles. The Kier molecular flexibility index (Phi) is 1.50. The van der Waals surface area contributed by atoms with Crippen molar-refractivity contribution in [2.45, 2.75) is 19.1 Å². The fourth-order valence-electron chi connectivity index (χ4n) is 2.41. The summed E-state index contributed by atoms with van der Waals surface area (Å²) in [6, 6.07) is 4.04. The van der Waals surface area contributed by atoms with E-state index in [2.05, 4.69) is 16.0 Å². The van der Waals surface area contributed by atoms with Gasteiger partial charge in [-0.15, -0.1) is 0 Å². The van der Waals surface area contributed by atoms with Crippen molar-refractivity contribution in [1.82, 2.24) is 14.8 Å². The molecule has 2 atom stereocenters. The number of nitrogens with one attached hydrogen (secondary N) is 1. The Bertz CT molecular complexity index is 384. The molecule has 1 N–H and O–H groups in total. The van der Waals surface area contributed by atoms with Crippen molar-refractivity contribution in [2.75, 3.05) is 13.1 Å². The lowest BCUT2D eigenvalue weighted by molar-refractivity contribution is -0.137. The van der Waals surface area contributed by atoms with Crippen molar-refractivity contribution in [1.29, 1.82) is 0 Å². The van der Waals surface area contributed by atoms with Gasteiger partial charge < -0.3 is 9.47 Å². The first-order chi connectivity index (χ1) is 6.79. The number of aromatic nitrogens is 1. The highest BCUT2D eigenvalue weighted by Gasteiger charge is 2.39. The SMILES string of the molecule is CC1C(=O)N2CCNC2c2cccn21. The lowest BCUT2D eigenvalue weighted by atomic mass is 10.2. The number of carbonyl (C=O) groups excluding carboxylic acids is 1. The van der Waals surface area contributed by atoms with Crippen LogP contribution in [-0.4, -0.2) is 28.5 Å². The summed E-state index contributed by atoms with van der Waals surface area (Å²) in [5.41, 5.74) is 1.20. The molecule has 1 aromatic rings. The zero-order valence-corrected chi connectivity index (χ0v) is 8.10. The van der Waals surface area contributed by atoms with Crippen LogP contribution in [0, 0.1) is 0 Å². The van der Waals surface area contributed by atoms with Crippen LogP contribution in [0.3, 0.4) is 0 Å². The summed E-state index contributed by atoms with van der Waals surface area (Å²) in [5, 5.41) is 3.34. The largest absolute Gasteiger partial charge is 0.336 e. The molecule has 1 amide bonds. The Morgan fingerprint density at radius 3 is 3.29 bits per heavy atom. The molecule has 4 nitrogen and oxygen atoms in total. The Balaban J connectivity index is 2.14. The van der Waals surface area contributed by atoms with E-state index < -0.39 is 0 Å². The van der Waals surface area contributed by atoms with Crippen LogP contribution in [0.5, 0.6) is 0 Å². The number of hydrogen-bond donors (Lipinski definition) is 1. The minimum Gasteiger partial charge on any atom is -0.336 e. The molecule has 0 radical (unpaired) electrons. The molecule has 3 heterocycles. The monoisotopic (exact) mass is 191 g/mol. The second kappa shape index (κ2) is 2.60. The highest BCUT2D eigenvalue weighted by atomic mass is 16.2. The average molecular weight is 191 g/mol. The molecule has 0 aromatic carbocycles. The van der Waals surface area contributed by atoms with E-state index in [4.69, 9.17) is 0 Å². The van der Waals surface area contributed by atoms with E-state index >= 15 is 0 Å². The molecule has 4 heteroatoms. The van der Waals surface area contributed by atoms with E-state index in [-0.39, 0.29) is 18.1 Å². The van der Waals surface area contributed by atoms with E-state index in [9.17, 15) is 4.79 Å². The molecule has 3 rings (SSSR count). The van der Waals surface area contributed by atoms with Crippen LogP contribution in [0.15, 0.2) is 18.3 Å². The number of rotatable bonds is 0. The van der Waals surface area contributed by atoms with Gasteiger partial charge in [0.25, 0.3) is 0 Å². The van der Waals surface area contributed by atoms with Gasteiger partial charge in [-0.05, 0) is 19.1 Å². The highest BCUT2D eigenvalue weighted by Crippen LogP contribution is 2.31. The fraction of sp³-hybridized carbons (Fsp3) is 0.500. The standard InChI is InChI=1S/C10H13N3O/c1-7-10(14)13-6-4-11-9(13)8-3-2-5-12(7)8/h2-3,5,7,9,11H,4,6H2,1H3. The van der Waals surface area contributed by atoms with Gasteiger partial charge in [0.05, 0.1) is 5.69 Å². The van der Waals surface area contributed by atoms with Crippen LogP contribution in [-0.2, 0) is 4.79 Å². The van der Waals surface area contributed by atoms with Gasteiger partial charge in [0.1, 0.15) is 12.2 Å². The molecule has 0 bridgehead atoms. The van der Waals surface area contributed by atoms with Crippen LogP contribution in [0.2, 0.25) is 0 Å². The van der Waals surface area contributed by atoms with Gasteiger partial charge in [-0.1, -0.05) is 0 Å². The quantitative estimate of drug-likeness (QED) is 0.648. The smallest absolute Gasteiger partial charge is 0.246 e. The third-order valence-electron chi connectivity index (χ3n) is 3.15. The number of nitrogens with zero attached hydrogens (tertiary/aromatic N) is 2. The first-order valence-corrected chi connectivity index (χ1v) is 4.99. The summed E-state index contributed by atoms with van der Waals surface area (Å²) in [7, 11) is 0. The lowest BCUT2D eigenvalue weighted by Crippen LogP contribution is -2.43. The maximum atomic E-state index is 11.9. The van der Waals surface area contributed by atoms with Crippen LogP contribution in [0.25, 0.3) is 0 Å². The summed E-state index contributed by atoms with van der Waals surface area (Å²) in [6.45, 7) is 3.69. The van der Waals surface area contributed by atoms with Crippen LogP contribution >= 0.6 is 0 Å². The number of hydrogen-bond acceptors (Lipinski definition) is 2. The van der Waals surface area contributed by atoms with Crippen LogP contribution in [0.1, 0.15) is 24.8 Å². The molecule has 2 unspecified atom stereocenters. The first kappa shape index (κ1) is 8.05. The van der Waals surface area contributed by atoms with E-state index in [1.165, 1.54) is 5.69 Å². The zero-order valence-electron chi connectivity index (χ0n) is 8.10. The first-order valence-electron chi connectivity index (χ1n) is 4.99. The molecule has 2 aliphatic heterocycles. The summed E-state index contributed by atoms with van der Waals surface area (Å²) in [5.74, 6) is 0.226. The normalized spacial score (nSPS) is 30.4. The van der Waals surface area contributed by atoms with E-state index in [0.29, 0.717) is 0 Å². The second-order valence-corrected chi connectivity index (χ2v) is 3.90. The Hall–Kier alpha value is -1.29. The van der Waals surface area contributed by atoms with Gasteiger partial charge in [0.15, 0.2) is 0 Å². The maximum absolute atomic E-state index is 11.9. The van der Waals surface area contributed by atoms with Crippen molar-refractivity contribution in [3.63, 3.8) is 0 Å². The average Bonchev–Trinajstić information content (AvgIpc) is 2.80. The van der Waals surface area contributed by atoms with Gasteiger partial charge in [0.2, 0.25) is 5.91 Å². The molecule has 2 aliphatic rings. The summed E-state index contributed by atoms with van der Waals surface area (Å²) >= 11 is 0. The zero-order chi connectivity index (χ0) is 9.71. The van der Waals surface area contributed by atoms with E-state index in [1.807, 2.05) is 24.1 Å². The number of carbonyl (C=O) groups is 1. The van der Waals surface area contributed by atoms with Crippen molar-refractivity contribution in [3.8, 4) is 0 Å². The third kappa shape index (κ3) is 0.838. The van der Waals surface area contributed by atoms with Crippen LogP contribution < -0.4 is 5.32 Å². The Morgan fingerprint density at radius 2 is 2.43 bits per heavy atom. The topological polar surface area (TPSA) is 37.3 Å². The minimum absolute atomic E-state index is 0.0452. The van der Waals surface area contributed by atoms with Crippen molar-refractivity contribution >= 4 is 5.91 Å². The van der Waals surface area contributed by atoms with Gasteiger partial charge in [-0.3, -0.25) is 10.1 Å². The lowest BCUT2D eigenvalue weighted by Gasteiger charge is -2.34. The van der Waals surface area contributed by atoms with Gasteiger partial charge in [0, 0.05) is 19.3 Å². The third-order valence-corrected chi connectivity index (χ3v) is 3.15. The molecular formula is C10H13N3O. The van der Waals surface area contributed by atoms with Crippen molar-refractivity contribution in [2.24, 2.45) is 0 Å². The molecule has 1 aromatic heterocycles. The Morgan fingerprint density at radius 1 is 1.57 bits per heavy atom. The summed E-state index contributed by atoms with van der Waals surface area (Å²) in [6.07, 6.45) is 2.09. The van der Waals surface area contributed by atoms with Crippen molar-refractivity contribution in [3.05, 3.63) is 24.0 Å². The highest BCUT2D eigenvalue weighted by molar-refractivity contribution is 5.82. The molecule has 1 saturated heterocycles. The molecule has 1 fully saturated rings. The molecule has 74 valence electrons. The van der Waals surface area contributed by atoms with Gasteiger partial charge in [-0.25, -0.2) is 0 Å². The Labute approximate surface area is 82.5 Å². The predicted octanol–water partition coefficient (Wildman–Crippen LogP) is 0.493. The molecular weight excluding hydrogens is 178 g/mol. The van der Waals surface area contributed by atoms with Gasteiger partial charge >= 0.3 is 0 Å². The fourth-order valence-corrected chi connectivity index (χ4v) is 2.41. The van der Waals surface area contributed by atoms with Crippen molar-refractivity contribution < 1.29 is 4.79 Å². The minimum atomic E-state index is -0.0452. The predicted molar refractivity (Wildman–Crippen MR) is 51.6 cm³/mol. The number of amides is 1.